The van der Waals surface area contributed by atoms with E-state index in [-0.39, 0.29) is 18.3 Å². The number of rotatable bonds is 4. The third kappa shape index (κ3) is 2.14. The van der Waals surface area contributed by atoms with E-state index in [0.717, 1.165) is 12.8 Å². The summed E-state index contributed by atoms with van der Waals surface area (Å²) in [5.74, 6) is 0.285. The van der Waals surface area contributed by atoms with Crippen molar-refractivity contribution in [3.63, 3.8) is 0 Å². The van der Waals surface area contributed by atoms with E-state index < -0.39 is 0 Å². The molecular weight excluding hydrogens is 174 g/mol. The van der Waals surface area contributed by atoms with E-state index in [2.05, 4.69) is 12.6 Å². The highest BCUT2D eigenvalue weighted by Crippen LogP contribution is 2.24. The maximum absolute atomic E-state index is 11.3. The van der Waals surface area contributed by atoms with Gasteiger partial charge in [-0.1, -0.05) is 0 Å². The second-order valence-corrected chi connectivity index (χ2v) is 3.37. The van der Waals surface area contributed by atoms with Crippen LogP contribution in [0, 0.1) is 0 Å². The molecule has 12 heavy (non-hydrogen) atoms. The van der Waals surface area contributed by atoms with Crippen molar-refractivity contribution in [2.45, 2.75) is 25.3 Å². The third-order valence-electron chi connectivity index (χ3n) is 2.31. The molecule has 0 atom stereocenters. The largest absolute Gasteiger partial charge is 0.395 e. The van der Waals surface area contributed by atoms with Gasteiger partial charge in [0.2, 0.25) is 5.91 Å². The fraction of sp³-hybridized carbons (Fsp3) is 0.875. The average molecular weight is 189 g/mol. The number of aliphatic hydroxyl groups excluding tert-OH is 1. The van der Waals surface area contributed by atoms with Crippen LogP contribution in [0.2, 0.25) is 0 Å². The minimum Gasteiger partial charge on any atom is -0.395 e. The lowest BCUT2D eigenvalue weighted by Gasteiger charge is -2.37. The minimum atomic E-state index is 0.0390. The normalized spacial score (nSPS) is 17.2. The molecule has 4 heteroatoms. The Morgan fingerprint density at radius 3 is 2.58 bits per heavy atom. The minimum absolute atomic E-state index is 0.0390. The quantitative estimate of drug-likeness (QED) is 0.624. The van der Waals surface area contributed by atoms with E-state index in [1.54, 1.807) is 4.90 Å². The molecule has 0 saturated heterocycles. The molecule has 0 aromatic carbocycles. The Bertz CT molecular complexity index is 159. The number of nitrogens with zero attached hydrogens (tertiary/aromatic N) is 1. The summed E-state index contributed by atoms with van der Waals surface area (Å²) >= 11 is 3.93. The molecule has 0 aliphatic heterocycles. The van der Waals surface area contributed by atoms with Gasteiger partial charge in [-0.15, -0.1) is 0 Å². The maximum Gasteiger partial charge on any atom is 0.232 e. The third-order valence-corrected chi connectivity index (χ3v) is 2.58. The van der Waals surface area contributed by atoms with Gasteiger partial charge in [-0.05, 0) is 19.3 Å². The van der Waals surface area contributed by atoms with Crippen LogP contribution in [0.5, 0.6) is 0 Å². The highest BCUT2D eigenvalue weighted by molar-refractivity contribution is 7.81. The Kier molecular flexibility index (Phi) is 3.88. The number of amides is 1. The maximum atomic E-state index is 11.3. The van der Waals surface area contributed by atoms with E-state index in [9.17, 15) is 4.79 Å². The number of aliphatic hydroxyl groups is 1. The highest BCUT2D eigenvalue weighted by atomic mass is 32.1. The Morgan fingerprint density at radius 1 is 1.58 bits per heavy atom. The molecule has 1 fully saturated rings. The summed E-state index contributed by atoms with van der Waals surface area (Å²) in [5, 5.41) is 8.73. The summed E-state index contributed by atoms with van der Waals surface area (Å²) < 4.78 is 0. The zero-order chi connectivity index (χ0) is 8.97. The van der Waals surface area contributed by atoms with Crippen LogP contribution >= 0.6 is 12.6 Å². The standard InChI is InChI=1S/C8H15NO2S/c10-5-4-9(8(11)6-12)7-2-1-3-7/h7,10,12H,1-6H2. The lowest BCUT2D eigenvalue weighted by molar-refractivity contribution is -0.132. The van der Waals surface area contributed by atoms with Gasteiger partial charge in [0.15, 0.2) is 0 Å². The van der Waals surface area contributed by atoms with E-state index in [0.29, 0.717) is 12.6 Å². The molecule has 1 saturated carbocycles. The monoisotopic (exact) mass is 189 g/mol. The van der Waals surface area contributed by atoms with Gasteiger partial charge in [0.25, 0.3) is 0 Å². The van der Waals surface area contributed by atoms with Crippen molar-refractivity contribution >= 4 is 18.5 Å². The first-order chi connectivity index (χ1) is 5.79. The van der Waals surface area contributed by atoms with Crippen LogP contribution < -0.4 is 0 Å². The molecule has 0 spiro atoms. The number of carbonyl (C=O) groups excluding carboxylic acids is 1. The Balaban J connectivity index is 2.41. The fourth-order valence-electron chi connectivity index (χ4n) is 1.41. The van der Waals surface area contributed by atoms with Crippen LogP contribution in [0.3, 0.4) is 0 Å². The molecule has 0 radical (unpaired) electrons. The summed E-state index contributed by atoms with van der Waals surface area (Å²) in [5.41, 5.74) is 0. The molecular formula is C8H15NO2S. The summed E-state index contributed by atoms with van der Waals surface area (Å²) in [7, 11) is 0. The number of hydrogen-bond acceptors (Lipinski definition) is 3. The van der Waals surface area contributed by atoms with Gasteiger partial charge in [-0.2, -0.15) is 12.6 Å². The van der Waals surface area contributed by atoms with Gasteiger partial charge < -0.3 is 10.0 Å². The number of carbonyl (C=O) groups is 1. The Morgan fingerprint density at radius 2 is 2.25 bits per heavy atom. The molecule has 0 heterocycles. The van der Waals surface area contributed by atoms with Crippen molar-refractivity contribution in [2.75, 3.05) is 18.9 Å². The van der Waals surface area contributed by atoms with E-state index in [4.69, 9.17) is 5.11 Å². The van der Waals surface area contributed by atoms with Crippen molar-refractivity contribution in [1.82, 2.24) is 4.90 Å². The van der Waals surface area contributed by atoms with E-state index in [1.807, 2.05) is 0 Å². The second kappa shape index (κ2) is 4.72. The van der Waals surface area contributed by atoms with Crippen LogP contribution in [-0.2, 0) is 4.79 Å². The Hall–Kier alpha value is -0.220. The SMILES string of the molecule is O=C(CS)N(CCO)C1CCC1. The molecule has 1 N–H and O–H groups in total. The molecule has 1 rings (SSSR count). The van der Waals surface area contributed by atoms with Crippen LogP contribution in [0.15, 0.2) is 0 Å². The molecule has 70 valence electrons. The molecule has 0 unspecified atom stereocenters. The highest BCUT2D eigenvalue weighted by Gasteiger charge is 2.27. The van der Waals surface area contributed by atoms with Gasteiger partial charge in [-0.3, -0.25) is 4.79 Å². The molecule has 0 bridgehead atoms. The lowest BCUT2D eigenvalue weighted by atomic mass is 9.91. The first-order valence-electron chi connectivity index (χ1n) is 4.30. The topological polar surface area (TPSA) is 40.5 Å². The van der Waals surface area contributed by atoms with Gasteiger partial charge >= 0.3 is 0 Å². The number of thiol groups is 1. The van der Waals surface area contributed by atoms with Crippen molar-refractivity contribution in [2.24, 2.45) is 0 Å². The van der Waals surface area contributed by atoms with Crippen LogP contribution in [0.25, 0.3) is 0 Å². The molecule has 1 amide bonds. The van der Waals surface area contributed by atoms with Crippen molar-refractivity contribution in [3.8, 4) is 0 Å². The second-order valence-electron chi connectivity index (χ2n) is 3.05. The van der Waals surface area contributed by atoms with Crippen LogP contribution in [0.1, 0.15) is 19.3 Å². The average Bonchev–Trinajstić information content (AvgIpc) is 1.99. The van der Waals surface area contributed by atoms with Crippen molar-refractivity contribution in [1.29, 1.82) is 0 Å². The molecule has 0 aromatic heterocycles. The smallest absolute Gasteiger partial charge is 0.232 e. The van der Waals surface area contributed by atoms with Crippen LogP contribution in [-0.4, -0.2) is 40.9 Å². The van der Waals surface area contributed by atoms with Gasteiger partial charge in [0, 0.05) is 12.6 Å². The van der Waals surface area contributed by atoms with E-state index >= 15 is 0 Å². The van der Waals surface area contributed by atoms with Crippen LogP contribution in [0.4, 0.5) is 0 Å². The summed E-state index contributed by atoms with van der Waals surface area (Å²) in [6.45, 7) is 0.514. The predicted octanol–water partition coefficient (Wildman–Crippen LogP) is 0.290. The summed E-state index contributed by atoms with van der Waals surface area (Å²) in [6, 6.07) is 0.372. The fourth-order valence-corrected chi connectivity index (χ4v) is 1.59. The lowest BCUT2D eigenvalue weighted by Crippen LogP contribution is -2.46. The summed E-state index contributed by atoms with van der Waals surface area (Å²) in [4.78, 5) is 13.0. The van der Waals surface area contributed by atoms with Gasteiger partial charge in [0.05, 0.1) is 12.4 Å². The summed E-state index contributed by atoms with van der Waals surface area (Å²) in [6.07, 6.45) is 3.37. The molecule has 1 aliphatic carbocycles. The van der Waals surface area contributed by atoms with Gasteiger partial charge in [-0.25, -0.2) is 0 Å². The van der Waals surface area contributed by atoms with Gasteiger partial charge in [0.1, 0.15) is 0 Å². The first kappa shape index (κ1) is 9.86. The zero-order valence-corrected chi connectivity index (χ0v) is 7.96. The zero-order valence-electron chi connectivity index (χ0n) is 7.07. The predicted molar refractivity (Wildman–Crippen MR) is 50.3 cm³/mol. The van der Waals surface area contributed by atoms with Crippen molar-refractivity contribution < 1.29 is 9.90 Å². The molecule has 3 nitrogen and oxygen atoms in total. The number of hydrogen-bond donors (Lipinski definition) is 2. The Labute approximate surface area is 78.2 Å². The first-order valence-corrected chi connectivity index (χ1v) is 4.94. The molecule has 0 aromatic rings. The molecule has 1 aliphatic rings. The van der Waals surface area contributed by atoms with E-state index in [1.165, 1.54) is 6.42 Å². The van der Waals surface area contributed by atoms with Crippen molar-refractivity contribution in [3.05, 3.63) is 0 Å².